The highest BCUT2D eigenvalue weighted by atomic mass is 79.9. The van der Waals surface area contributed by atoms with E-state index in [-0.39, 0.29) is 5.91 Å². The Balaban J connectivity index is 2.84. The Kier molecular flexibility index (Phi) is 2.67. The largest absolute Gasteiger partial charge is 0.307 e. The van der Waals surface area contributed by atoms with Gasteiger partial charge in [0, 0.05) is 23.8 Å². The zero-order valence-corrected chi connectivity index (χ0v) is 8.70. The molecule has 0 saturated carbocycles. The smallest absolute Gasteiger partial charge is 0.224 e. The van der Waals surface area contributed by atoms with E-state index in [1.807, 2.05) is 11.4 Å². The molecule has 0 unspecified atom stereocenters. The molecule has 0 N–H and O–H groups in total. The Labute approximate surface area is 78.0 Å². The van der Waals surface area contributed by atoms with Gasteiger partial charge in [0.15, 0.2) is 0 Å². The summed E-state index contributed by atoms with van der Waals surface area (Å²) in [6.07, 6.45) is 0. The SMILES string of the molecule is CC(=O)N(C)c1cc(Br)cs1. The summed E-state index contributed by atoms with van der Waals surface area (Å²) in [6.45, 7) is 1.55. The Bertz CT molecular complexity index is 271. The topological polar surface area (TPSA) is 20.3 Å². The van der Waals surface area contributed by atoms with Crippen LogP contribution in [0.4, 0.5) is 5.00 Å². The normalized spacial score (nSPS) is 9.73. The maximum atomic E-state index is 10.9. The van der Waals surface area contributed by atoms with Crippen LogP contribution >= 0.6 is 27.3 Å². The van der Waals surface area contributed by atoms with Gasteiger partial charge < -0.3 is 4.90 Å². The van der Waals surface area contributed by atoms with Gasteiger partial charge in [0.2, 0.25) is 5.91 Å². The van der Waals surface area contributed by atoms with Gasteiger partial charge in [0.05, 0.1) is 5.00 Å². The van der Waals surface area contributed by atoms with Crippen LogP contribution in [0.1, 0.15) is 6.92 Å². The van der Waals surface area contributed by atoms with Crippen molar-refractivity contribution in [2.45, 2.75) is 6.92 Å². The minimum Gasteiger partial charge on any atom is -0.307 e. The van der Waals surface area contributed by atoms with Gasteiger partial charge in [0.25, 0.3) is 0 Å². The van der Waals surface area contributed by atoms with E-state index in [1.54, 1.807) is 30.2 Å². The minimum atomic E-state index is 0.0550. The zero-order valence-electron chi connectivity index (χ0n) is 6.30. The van der Waals surface area contributed by atoms with Crippen LogP contribution in [0, 0.1) is 0 Å². The highest BCUT2D eigenvalue weighted by molar-refractivity contribution is 9.10. The number of nitrogens with zero attached hydrogens (tertiary/aromatic N) is 1. The van der Waals surface area contributed by atoms with Gasteiger partial charge in [-0.3, -0.25) is 4.79 Å². The fourth-order valence-corrected chi connectivity index (χ4v) is 2.07. The monoisotopic (exact) mass is 233 g/mol. The summed E-state index contributed by atoms with van der Waals surface area (Å²) in [7, 11) is 1.76. The summed E-state index contributed by atoms with van der Waals surface area (Å²) in [5.74, 6) is 0.0550. The van der Waals surface area contributed by atoms with Crippen molar-refractivity contribution >= 4 is 38.2 Å². The van der Waals surface area contributed by atoms with Gasteiger partial charge in [0.1, 0.15) is 0 Å². The zero-order chi connectivity index (χ0) is 8.43. The van der Waals surface area contributed by atoms with Crippen LogP contribution in [0.15, 0.2) is 15.9 Å². The number of anilines is 1. The van der Waals surface area contributed by atoms with E-state index >= 15 is 0 Å². The lowest BCUT2D eigenvalue weighted by Gasteiger charge is -2.10. The molecule has 0 spiro atoms. The molecule has 0 atom stereocenters. The first-order chi connectivity index (χ1) is 5.11. The second-order valence-corrected chi connectivity index (χ2v) is 3.99. The summed E-state index contributed by atoms with van der Waals surface area (Å²) in [5.41, 5.74) is 0. The lowest BCUT2D eigenvalue weighted by molar-refractivity contribution is -0.116. The van der Waals surface area contributed by atoms with Crippen LogP contribution in [0.3, 0.4) is 0 Å². The van der Waals surface area contributed by atoms with Crippen molar-refractivity contribution in [3.8, 4) is 0 Å². The molecule has 1 amide bonds. The molecular formula is C7H8BrNOS. The van der Waals surface area contributed by atoms with E-state index < -0.39 is 0 Å². The molecule has 4 heteroatoms. The van der Waals surface area contributed by atoms with Crippen LogP contribution in [0.5, 0.6) is 0 Å². The number of rotatable bonds is 1. The fraction of sp³-hybridized carbons (Fsp3) is 0.286. The number of carbonyl (C=O) groups is 1. The molecule has 1 heterocycles. The van der Waals surface area contributed by atoms with Gasteiger partial charge in [-0.25, -0.2) is 0 Å². The predicted molar refractivity (Wildman–Crippen MR) is 51.1 cm³/mol. The van der Waals surface area contributed by atoms with Crippen LogP contribution in [-0.4, -0.2) is 13.0 Å². The second kappa shape index (κ2) is 3.36. The molecule has 0 aliphatic rings. The first kappa shape index (κ1) is 8.74. The van der Waals surface area contributed by atoms with E-state index in [4.69, 9.17) is 0 Å². The van der Waals surface area contributed by atoms with Gasteiger partial charge in [-0.15, -0.1) is 11.3 Å². The van der Waals surface area contributed by atoms with Crippen molar-refractivity contribution in [2.24, 2.45) is 0 Å². The molecule has 0 aliphatic carbocycles. The van der Waals surface area contributed by atoms with Crippen molar-refractivity contribution in [1.29, 1.82) is 0 Å². The molecule has 1 rings (SSSR count). The number of amides is 1. The lowest BCUT2D eigenvalue weighted by Crippen LogP contribution is -2.21. The third-order valence-corrected chi connectivity index (χ3v) is 3.12. The Morgan fingerprint density at radius 3 is 2.73 bits per heavy atom. The molecule has 1 aromatic rings. The average molecular weight is 234 g/mol. The quantitative estimate of drug-likeness (QED) is 0.731. The lowest BCUT2D eigenvalue weighted by atomic mass is 10.5. The summed E-state index contributed by atoms with van der Waals surface area (Å²) in [4.78, 5) is 12.5. The van der Waals surface area contributed by atoms with Crippen molar-refractivity contribution in [3.63, 3.8) is 0 Å². The number of carbonyl (C=O) groups excluding carboxylic acids is 1. The molecule has 0 bridgehead atoms. The molecule has 0 aliphatic heterocycles. The van der Waals surface area contributed by atoms with E-state index in [0.717, 1.165) is 9.47 Å². The molecule has 0 fully saturated rings. The van der Waals surface area contributed by atoms with Crippen molar-refractivity contribution < 1.29 is 4.79 Å². The highest BCUT2D eigenvalue weighted by Crippen LogP contribution is 2.27. The minimum absolute atomic E-state index is 0.0550. The number of hydrogen-bond donors (Lipinski definition) is 0. The van der Waals surface area contributed by atoms with E-state index in [0.29, 0.717) is 0 Å². The maximum absolute atomic E-state index is 10.9. The van der Waals surface area contributed by atoms with Crippen LogP contribution in [0.25, 0.3) is 0 Å². The third kappa shape index (κ3) is 2.04. The number of halogens is 1. The van der Waals surface area contributed by atoms with Crippen molar-refractivity contribution in [2.75, 3.05) is 11.9 Å². The van der Waals surface area contributed by atoms with Gasteiger partial charge in [-0.05, 0) is 22.0 Å². The van der Waals surface area contributed by atoms with Crippen molar-refractivity contribution in [3.05, 3.63) is 15.9 Å². The van der Waals surface area contributed by atoms with Gasteiger partial charge in [-0.1, -0.05) is 0 Å². The molecule has 0 aromatic carbocycles. The molecule has 1 aromatic heterocycles. The maximum Gasteiger partial charge on any atom is 0.224 e. The molecular weight excluding hydrogens is 226 g/mol. The van der Waals surface area contributed by atoms with E-state index in [1.165, 1.54) is 0 Å². The third-order valence-electron chi connectivity index (χ3n) is 1.36. The van der Waals surface area contributed by atoms with Crippen LogP contribution < -0.4 is 4.90 Å². The summed E-state index contributed by atoms with van der Waals surface area (Å²) in [5, 5.41) is 2.92. The molecule has 0 radical (unpaired) electrons. The second-order valence-electron chi connectivity index (χ2n) is 2.18. The summed E-state index contributed by atoms with van der Waals surface area (Å²) >= 11 is 4.87. The van der Waals surface area contributed by atoms with E-state index in [9.17, 15) is 4.79 Å². The Morgan fingerprint density at radius 2 is 2.36 bits per heavy atom. The first-order valence-corrected chi connectivity index (χ1v) is 4.77. The molecule has 0 saturated heterocycles. The number of hydrogen-bond acceptors (Lipinski definition) is 2. The first-order valence-electron chi connectivity index (χ1n) is 3.09. The summed E-state index contributed by atoms with van der Waals surface area (Å²) in [6, 6.07) is 1.92. The highest BCUT2D eigenvalue weighted by Gasteiger charge is 2.06. The van der Waals surface area contributed by atoms with Crippen molar-refractivity contribution in [1.82, 2.24) is 0 Å². The van der Waals surface area contributed by atoms with Gasteiger partial charge >= 0.3 is 0 Å². The molecule has 11 heavy (non-hydrogen) atoms. The average Bonchev–Trinajstić information content (AvgIpc) is 2.34. The number of thiophene rings is 1. The molecule has 2 nitrogen and oxygen atoms in total. The summed E-state index contributed by atoms with van der Waals surface area (Å²) < 4.78 is 1.02. The fourth-order valence-electron chi connectivity index (χ4n) is 0.634. The van der Waals surface area contributed by atoms with Crippen LogP contribution in [-0.2, 0) is 4.79 Å². The standard InChI is InChI=1S/C7H8BrNOS/c1-5(10)9(2)7-3-6(8)4-11-7/h3-4H,1-2H3. The van der Waals surface area contributed by atoms with E-state index in [2.05, 4.69) is 15.9 Å². The Morgan fingerprint density at radius 1 is 1.73 bits per heavy atom. The van der Waals surface area contributed by atoms with Gasteiger partial charge in [-0.2, -0.15) is 0 Å². The predicted octanol–water partition coefficient (Wildman–Crippen LogP) is 2.49. The van der Waals surface area contributed by atoms with Crippen LogP contribution in [0.2, 0.25) is 0 Å². The molecule has 60 valence electrons. The Hall–Kier alpha value is -0.350.